The Bertz CT molecular complexity index is 627. The number of hydrogen-bond acceptors (Lipinski definition) is 5. The Labute approximate surface area is 123 Å². The standard InChI is InChI=1S/C15H18N4O2/c1-11-10-14(21-17-11)15(20)19-8-6-18(7-9-19)13-4-2-12(16)3-5-13/h2-5,10H,6-9,16H2,1H3. The largest absolute Gasteiger partial charge is 0.399 e. The molecule has 6 nitrogen and oxygen atoms in total. The molecular formula is C15H18N4O2. The Balaban J connectivity index is 1.62. The number of aromatic nitrogens is 1. The first-order valence-corrected chi connectivity index (χ1v) is 6.96. The maximum atomic E-state index is 12.3. The predicted molar refractivity (Wildman–Crippen MR) is 80.2 cm³/mol. The van der Waals surface area contributed by atoms with Crippen LogP contribution in [0.5, 0.6) is 0 Å². The van der Waals surface area contributed by atoms with Crippen molar-refractivity contribution in [1.82, 2.24) is 10.1 Å². The molecule has 21 heavy (non-hydrogen) atoms. The van der Waals surface area contributed by atoms with E-state index in [1.165, 1.54) is 0 Å². The van der Waals surface area contributed by atoms with Gasteiger partial charge in [-0.2, -0.15) is 0 Å². The number of anilines is 2. The van der Waals surface area contributed by atoms with Crippen LogP contribution in [0.4, 0.5) is 11.4 Å². The SMILES string of the molecule is Cc1cc(C(=O)N2CCN(c3ccc(N)cc3)CC2)on1. The van der Waals surface area contributed by atoms with Crippen molar-refractivity contribution in [3.8, 4) is 0 Å². The molecule has 1 amide bonds. The molecule has 3 rings (SSSR count). The first-order valence-electron chi connectivity index (χ1n) is 6.96. The number of piperazine rings is 1. The van der Waals surface area contributed by atoms with Crippen LogP contribution in [0.1, 0.15) is 16.2 Å². The number of benzene rings is 1. The summed E-state index contributed by atoms with van der Waals surface area (Å²) in [5.74, 6) is 0.223. The highest BCUT2D eigenvalue weighted by atomic mass is 16.5. The molecule has 0 unspecified atom stereocenters. The fourth-order valence-corrected chi connectivity index (χ4v) is 2.47. The molecular weight excluding hydrogens is 268 g/mol. The van der Waals surface area contributed by atoms with Crippen molar-refractivity contribution in [2.45, 2.75) is 6.92 Å². The van der Waals surface area contributed by atoms with Crippen LogP contribution >= 0.6 is 0 Å². The van der Waals surface area contributed by atoms with Gasteiger partial charge in [0.25, 0.3) is 5.91 Å². The quantitative estimate of drug-likeness (QED) is 0.847. The van der Waals surface area contributed by atoms with Crippen LogP contribution in [0.15, 0.2) is 34.9 Å². The van der Waals surface area contributed by atoms with Crippen LogP contribution in [0.25, 0.3) is 0 Å². The summed E-state index contributed by atoms with van der Waals surface area (Å²) in [6.45, 7) is 4.73. The number of nitrogens with two attached hydrogens (primary N) is 1. The minimum atomic E-state index is -0.0902. The summed E-state index contributed by atoms with van der Waals surface area (Å²) in [7, 11) is 0. The van der Waals surface area contributed by atoms with E-state index in [1.54, 1.807) is 17.9 Å². The van der Waals surface area contributed by atoms with Crippen molar-refractivity contribution in [3.05, 3.63) is 41.8 Å². The minimum Gasteiger partial charge on any atom is -0.399 e. The molecule has 1 fully saturated rings. The van der Waals surface area contributed by atoms with Crippen LogP contribution in [0.2, 0.25) is 0 Å². The third kappa shape index (κ3) is 2.84. The highest BCUT2D eigenvalue weighted by Gasteiger charge is 2.24. The zero-order valence-corrected chi connectivity index (χ0v) is 12.0. The second kappa shape index (κ2) is 5.47. The number of aryl methyl sites for hydroxylation is 1. The minimum absolute atomic E-state index is 0.0902. The molecule has 1 aromatic heterocycles. The van der Waals surface area contributed by atoms with Crippen LogP contribution in [0.3, 0.4) is 0 Å². The molecule has 2 heterocycles. The van der Waals surface area contributed by atoms with E-state index in [0.717, 1.165) is 30.2 Å². The summed E-state index contributed by atoms with van der Waals surface area (Å²) in [5, 5.41) is 3.76. The zero-order chi connectivity index (χ0) is 14.8. The van der Waals surface area contributed by atoms with Gasteiger partial charge < -0.3 is 20.1 Å². The Hall–Kier alpha value is -2.50. The Kier molecular flexibility index (Phi) is 3.51. The molecule has 1 aliphatic heterocycles. The van der Waals surface area contributed by atoms with E-state index in [9.17, 15) is 4.79 Å². The number of amides is 1. The summed E-state index contributed by atoms with van der Waals surface area (Å²) in [6.07, 6.45) is 0. The van der Waals surface area contributed by atoms with Gasteiger partial charge >= 0.3 is 0 Å². The van der Waals surface area contributed by atoms with Gasteiger partial charge in [0.15, 0.2) is 0 Å². The average molecular weight is 286 g/mol. The average Bonchev–Trinajstić information content (AvgIpc) is 2.94. The third-order valence-electron chi connectivity index (χ3n) is 3.66. The Morgan fingerprint density at radius 1 is 1.19 bits per heavy atom. The van der Waals surface area contributed by atoms with Gasteiger partial charge in [-0.05, 0) is 31.2 Å². The maximum Gasteiger partial charge on any atom is 0.292 e. The Morgan fingerprint density at radius 3 is 2.43 bits per heavy atom. The molecule has 1 aliphatic rings. The van der Waals surface area contributed by atoms with Crippen molar-refractivity contribution in [2.75, 3.05) is 36.8 Å². The first-order chi connectivity index (χ1) is 10.1. The summed E-state index contributed by atoms with van der Waals surface area (Å²) in [6, 6.07) is 9.47. The zero-order valence-electron chi connectivity index (χ0n) is 12.0. The number of carbonyl (C=O) groups excluding carboxylic acids is 1. The molecule has 0 atom stereocenters. The molecule has 1 saturated heterocycles. The number of carbonyl (C=O) groups is 1. The van der Waals surface area contributed by atoms with Gasteiger partial charge in [0.1, 0.15) is 0 Å². The van der Waals surface area contributed by atoms with Gasteiger partial charge in [0.2, 0.25) is 5.76 Å². The molecule has 6 heteroatoms. The van der Waals surface area contributed by atoms with E-state index in [0.29, 0.717) is 18.8 Å². The van der Waals surface area contributed by atoms with Gasteiger partial charge in [0.05, 0.1) is 5.69 Å². The summed E-state index contributed by atoms with van der Waals surface area (Å²) < 4.78 is 5.04. The van der Waals surface area contributed by atoms with E-state index in [2.05, 4.69) is 10.1 Å². The maximum absolute atomic E-state index is 12.3. The number of hydrogen-bond donors (Lipinski definition) is 1. The van der Waals surface area contributed by atoms with Crippen molar-refractivity contribution in [2.24, 2.45) is 0 Å². The number of nitrogens with zero attached hydrogens (tertiary/aromatic N) is 3. The second-order valence-corrected chi connectivity index (χ2v) is 5.20. The molecule has 0 radical (unpaired) electrons. The lowest BCUT2D eigenvalue weighted by atomic mass is 10.2. The van der Waals surface area contributed by atoms with Crippen molar-refractivity contribution in [1.29, 1.82) is 0 Å². The monoisotopic (exact) mass is 286 g/mol. The third-order valence-corrected chi connectivity index (χ3v) is 3.66. The fourth-order valence-electron chi connectivity index (χ4n) is 2.47. The van der Waals surface area contributed by atoms with Gasteiger partial charge in [-0.3, -0.25) is 4.79 Å². The van der Waals surface area contributed by atoms with Gasteiger partial charge in [-0.25, -0.2) is 0 Å². The van der Waals surface area contributed by atoms with E-state index in [4.69, 9.17) is 10.3 Å². The predicted octanol–water partition coefficient (Wildman–Crippen LogP) is 1.53. The fraction of sp³-hybridized carbons (Fsp3) is 0.333. The van der Waals surface area contributed by atoms with Crippen LogP contribution in [-0.2, 0) is 0 Å². The van der Waals surface area contributed by atoms with E-state index in [1.807, 2.05) is 24.3 Å². The second-order valence-electron chi connectivity index (χ2n) is 5.20. The Morgan fingerprint density at radius 2 is 1.86 bits per heavy atom. The first kappa shape index (κ1) is 13.5. The summed E-state index contributed by atoms with van der Waals surface area (Å²) in [4.78, 5) is 16.3. The van der Waals surface area contributed by atoms with Crippen LogP contribution in [0, 0.1) is 6.92 Å². The van der Waals surface area contributed by atoms with E-state index < -0.39 is 0 Å². The van der Waals surface area contributed by atoms with E-state index in [-0.39, 0.29) is 5.91 Å². The molecule has 0 bridgehead atoms. The smallest absolute Gasteiger partial charge is 0.292 e. The van der Waals surface area contributed by atoms with Gasteiger partial charge in [-0.15, -0.1) is 0 Å². The van der Waals surface area contributed by atoms with Crippen molar-refractivity contribution >= 4 is 17.3 Å². The van der Waals surface area contributed by atoms with Crippen LogP contribution < -0.4 is 10.6 Å². The molecule has 2 aromatic rings. The highest BCUT2D eigenvalue weighted by molar-refractivity contribution is 5.91. The lowest BCUT2D eigenvalue weighted by molar-refractivity contribution is 0.0705. The molecule has 110 valence electrons. The number of nitrogen functional groups attached to an aromatic ring is 1. The topological polar surface area (TPSA) is 75.6 Å². The summed E-state index contributed by atoms with van der Waals surface area (Å²) >= 11 is 0. The lowest BCUT2D eigenvalue weighted by Crippen LogP contribution is -2.48. The lowest BCUT2D eigenvalue weighted by Gasteiger charge is -2.35. The number of rotatable bonds is 2. The van der Waals surface area contributed by atoms with Crippen LogP contribution in [-0.4, -0.2) is 42.1 Å². The highest BCUT2D eigenvalue weighted by Crippen LogP contribution is 2.19. The normalized spacial score (nSPS) is 15.3. The van der Waals surface area contributed by atoms with Crippen molar-refractivity contribution in [3.63, 3.8) is 0 Å². The van der Waals surface area contributed by atoms with Gasteiger partial charge in [0, 0.05) is 43.6 Å². The van der Waals surface area contributed by atoms with Crippen molar-refractivity contribution < 1.29 is 9.32 Å². The molecule has 2 N–H and O–H groups in total. The molecule has 0 aliphatic carbocycles. The molecule has 0 spiro atoms. The van der Waals surface area contributed by atoms with E-state index >= 15 is 0 Å². The molecule has 1 aromatic carbocycles. The van der Waals surface area contributed by atoms with Gasteiger partial charge in [-0.1, -0.05) is 5.16 Å². The summed E-state index contributed by atoms with van der Waals surface area (Å²) in [5.41, 5.74) is 8.31. The molecule has 0 saturated carbocycles.